The molecular formula is C21H27FN2O3. The van der Waals surface area contributed by atoms with Gasteiger partial charge in [-0.05, 0) is 69.1 Å². The molecule has 27 heavy (non-hydrogen) atoms. The highest BCUT2D eigenvalue weighted by molar-refractivity contribution is 5.94. The summed E-state index contributed by atoms with van der Waals surface area (Å²) in [4.78, 5) is 26.7. The molecule has 1 saturated carbocycles. The molecule has 146 valence electrons. The molecule has 6 heteroatoms. The molecule has 0 radical (unpaired) electrons. The summed E-state index contributed by atoms with van der Waals surface area (Å²) in [6.45, 7) is 3.60. The topological polar surface area (TPSA) is 58.6 Å². The lowest BCUT2D eigenvalue weighted by atomic mass is 9.88. The number of aryl methyl sites for hydroxylation is 1. The van der Waals surface area contributed by atoms with E-state index in [1.54, 1.807) is 24.0 Å². The van der Waals surface area contributed by atoms with Gasteiger partial charge < -0.3 is 15.0 Å². The van der Waals surface area contributed by atoms with Crippen LogP contribution in [0.3, 0.4) is 0 Å². The van der Waals surface area contributed by atoms with Gasteiger partial charge in [0.15, 0.2) is 0 Å². The first kappa shape index (κ1) is 18.4. The summed E-state index contributed by atoms with van der Waals surface area (Å²) in [5, 5.41) is 3.00. The van der Waals surface area contributed by atoms with Crippen LogP contribution in [0.4, 0.5) is 4.39 Å². The van der Waals surface area contributed by atoms with Crippen molar-refractivity contribution >= 4 is 11.8 Å². The first-order valence-corrected chi connectivity index (χ1v) is 9.97. The molecular weight excluding hydrogens is 347 g/mol. The third-order valence-corrected chi connectivity index (χ3v) is 6.19. The monoisotopic (exact) mass is 374 g/mol. The van der Waals surface area contributed by atoms with E-state index < -0.39 is 0 Å². The van der Waals surface area contributed by atoms with Gasteiger partial charge in [-0.1, -0.05) is 6.07 Å². The van der Waals surface area contributed by atoms with Crippen LogP contribution in [0.25, 0.3) is 0 Å². The second-order valence-electron chi connectivity index (χ2n) is 8.27. The fourth-order valence-electron chi connectivity index (χ4n) is 4.07. The first-order chi connectivity index (χ1) is 13.0. The van der Waals surface area contributed by atoms with Gasteiger partial charge in [-0.2, -0.15) is 0 Å². The number of piperidine rings is 1. The van der Waals surface area contributed by atoms with Crippen molar-refractivity contribution < 1.29 is 18.7 Å². The third-order valence-electron chi connectivity index (χ3n) is 6.19. The van der Waals surface area contributed by atoms with Gasteiger partial charge in [0.1, 0.15) is 11.9 Å². The van der Waals surface area contributed by atoms with Gasteiger partial charge in [-0.15, -0.1) is 0 Å². The molecule has 2 aliphatic heterocycles. The van der Waals surface area contributed by atoms with Gasteiger partial charge in [0.05, 0.1) is 5.60 Å². The molecule has 1 spiro atoms. The Morgan fingerprint density at radius 3 is 2.63 bits per heavy atom. The van der Waals surface area contributed by atoms with E-state index in [1.165, 1.54) is 18.9 Å². The first-order valence-electron chi connectivity index (χ1n) is 9.97. The predicted octanol–water partition coefficient (Wildman–Crippen LogP) is 2.81. The molecule has 1 aliphatic carbocycles. The number of benzene rings is 1. The molecule has 0 aromatic heterocycles. The Labute approximate surface area is 159 Å². The van der Waals surface area contributed by atoms with Crippen LogP contribution < -0.4 is 5.32 Å². The summed E-state index contributed by atoms with van der Waals surface area (Å²) in [5.41, 5.74) is 0.630. The van der Waals surface area contributed by atoms with E-state index in [0.29, 0.717) is 30.1 Å². The second kappa shape index (κ2) is 7.23. The number of carbonyl (C=O) groups excluding carboxylic acids is 2. The SMILES string of the molecule is Cc1ccc(C(=O)N2CCC3(CCC(C(=O)NCC4CC4)O3)CC2)cc1F. The molecule has 3 aliphatic rings. The van der Waals surface area contributed by atoms with Crippen molar-refractivity contribution in [2.75, 3.05) is 19.6 Å². The average Bonchev–Trinajstić information content (AvgIpc) is 3.42. The largest absolute Gasteiger partial charge is 0.362 e. The van der Waals surface area contributed by atoms with Crippen LogP contribution in [0.15, 0.2) is 18.2 Å². The molecule has 1 atom stereocenters. The molecule has 1 unspecified atom stereocenters. The van der Waals surface area contributed by atoms with Crippen LogP contribution in [0.5, 0.6) is 0 Å². The van der Waals surface area contributed by atoms with Gasteiger partial charge in [-0.25, -0.2) is 4.39 Å². The summed E-state index contributed by atoms with van der Waals surface area (Å²) < 4.78 is 19.9. The minimum absolute atomic E-state index is 0.00686. The van der Waals surface area contributed by atoms with E-state index in [0.717, 1.165) is 32.2 Å². The van der Waals surface area contributed by atoms with Gasteiger partial charge in [0.2, 0.25) is 5.91 Å². The maximum absolute atomic E-state index is 13.8. The Kier molecular flexibility index (Phi) is 4.93. The van der Waals surface area contributed by atoms with E-state index in [-0.39, 0.29) is 29.3 Å². The van der Waals surface area contributed by atoms with Crippen LogP contribution in [-0.2, 0) is 9.53 Å². The predicted molar refractivity (Wildman–Crippen MR) is 98.8 cm³/mol. The highest BCUT2D eigenvalue weighted by atomic mass is 19.1. The summed E-state index contributed by atoms with van der Waals surface area (Å²) in [6.07, 6.45) is 5.11. The summed E-state index contributed by atoms with van der Waals surface area (Å²) in [5.74, 6) is 0.173. The normalized spacial score (nSPS) is 24.2. The zero-order valence-electron chi connectivity index (χ0n) is 15.8. The zero-order valence-corrected chi connectivity index (χ0v) is 15.8. The highest BCUT2D eigenvalue weighted by Gasteiger charge is 2.45. The molecule has 2 saturated heterocycles. The summed E-state index contributed by atoms with van der Waals surface area (Å²) in [6, 6.07) is 4.63. The second-order valence-corrected chi connectivity index (χ2v) is 8.27. The quantitative estimate of drug-likeness (QED) is 0.882. The molecule has 4 rings (SSSR count). The van der Waals surface area contributed by atoms with Crippen LogP contribution in [0.2, 0.25) is 0 Å². The number of hydrogen-bond donors (Lipinski definition) is 1. The number of carbonyl (C=O) groups is 2. The van der Waals surface area contributed by atoms with E-state index >= 15 is 0 Å². The summed E-state index contributed by atoms with van der Waals surface area (Å²) >= 11 is 0. The van der Waals surface area contributed by atoms with Crippen molar-refractivity contribution in [1.29, 1.82) is 0 Å². The molecule has 3 fully saturated rings. The molecule has 1 aromatic rings. The lowest BCUT2D eigenvalue weighted by Gasteiger charge is -2.39. The Bertz CT molecular complexity index is 739. The van der Waals surface area contributed by atoms with Crippen LogP contribution >= 0.6 is 0 Å². The van der Waals surface area contributed by atoms with Crippen LogP contribution in [0, 0.1) is 18.7 Å². The van der Waals surface area contributed by atoms with Crippen molar-refractivity contribution in [2.45, 2.75) is 57.2 Å². The smallest absolute Gasteiger partial charge is 0.253 e. The van der Waals surface area contributed by atoms with Gasteiger partial charge in [0.25, 0.3) is 5.91 Å². The highest BCUT2D eigenvalue weighted by Crippen LogP contribution is 2.39. The maximum atomic E-state index is 13.8. The van der Waals surface area contributed by atoms with E-state index in [4.69, 9.17) is 4.74 Å². The van der Waals surface area contributed by atoms with Crippen molar-refractivity contribution in [3.05, 3.63) is 35.1 Å². The number of nitrogens with one attached hydrogen (secondary N) is 1. The van der Waals surface area contributed by atoms with Gasteiger partial charge in [-0.3, -0.25) is 9.59 Å². The minimum atomic E-state index is -0.364. The maximum Gasteiger partial charge on any atom is 0.253 e. The zero-order chi connectivity index (χ0) is 19.0. The number of nitrogens with zero attached hydrogens (tertiary/aromatic N) is 1. The van der Waals surface area contributed by atoms with Crippen LogP contribution in [0.1, 0.15) is 54.4 Å². The standard InChI is InChI=1S/C21H27FN2O3/c1-14-2-5-16(12-17(14)22)20(26)24-10-8-21(9-11-24)7-6-18(27-21)19(25)23-13-15-3-4-15/h2,5,12,15,18H,3-4,6-11,13H2,1H3,(H,23,25). The number of likely N-dealkylation sites (tertiary alicyclic amines) is 1. The van der Waals surface area contributed by atoms with E-state index in [9.17, 15) is 14.0 Å². The van der Waals surface area contributed by atoms with E-state index in [1.807, 2.05) is 0 Å². The number of ether oxygens (including phenoxy) is 1. The Balaban J connectivity index is 1.31. The summed E-state index contributed by atoms with van der Waals surface area (Å²) in [7, 11) is 0. The van der Waals surface area contributed by atoms with Crippen molar-refractivity contribution in [3.8, 4) is 0 Å². The lowest BCUT2D eigenvalue weighted by Crippen LogP contribution is -2.47. The molecule has 1 aromatic carbocycles. The number of hydrogen-bond acceptors (Lipinski definition) is 3. The van der Waals surface area contributed by atoms with Gasteiger partial charge >= 0.3 is 0 Å². The van der Waals surface area contributed by atoms with Crippen LogP contribution in [-0.4, -0.2) is 48.1 Å². The fraction of sp³-hybridized carbons (Fsp3) is 0.619. The molecule has 5 nitrogen and oxygen atoms in total. The molecule has 1 N–H and O–H groups in total. The Morgan fingerprint density at radius 1 is 1.22 bits per heavy atom. The van der Waals surface area contributed by atoms with Crippen molar-refractivity contribution in [1.82, 2.24) is 10.2 Å². The van der Waals surface area contributed by atoms with Gasteiger partial charge in [0, 0.05) is 25.2 Å². The molecule has 2 amide bonds. The lowest BCUT2D eigenvalue weighted by molar-refractivity contribution is -0.140. The number of halogens is 1. The van der Waals surface area contributed by atoms with E-state index in [2.05, 4.69) is 5.32 Å². The van der Waals surface area contributed by atoms with Crippen molar-refractivity contribution in [2.24, 2.45) is 5.92 Å². The fourth-order valence-corrected chi connectivity index (χ4v) is 4.07. The minimum Gasteiger partial charge on any atom is -0.362 e. The third kappa shape index (κ3) is 4.00. The Morgan fingerprint density at radius 2 is 1.96 bits per heavy atom. The molecule has 2 heterocycles. The number of rotatable bonds is 4. The van der Waals surface area contributed by atoms with Crippen molar-refractivity contribution in [3.63, 3.8) is 0 Å². The number of amides is 2. The Hall–Kier alpha value is -1.95. The average molecular weight is 374 g/mol. The molecule has 0 bridgehead atoms.